The van der Waals surface area contributed by atoms with Gasteiger partial charge >= 0.3 is 6.16 Å². The van der Waals surface area contributed by atoms with Crippen molar-refractivity contribution in [2.75, 3.05) is 6.61 Å². The van der Waals surface area contributed by atoms with Gasteiger partial charge in [-0.05, 0) is 0 Å². The van der Waals surface area contributed by atoms with E-state index < -0.39 is 6.16 Å². The predicted octanol–water partition coefficient (Wildman–Crippen LogP) is -0.131. The van der Waals surface area contributed by atoms with Gasteiger partial charge in [-0.15, -0.1) is 0 Å². The van der Waals surface area contributed by atoms with Crippen LogP contribution in [0.25, 0.3) is 0 Å². The van der Waals surface area contributed by atoms with E-state index in [9.17, 15) is 9.59 Å². The molecule has 0 radical (unpaired) electrons. The number of hydrogen-bond donors (Lipinski definition) is 0. The van der Waals surface area contributed by atoms with E-state index in [0.29, 0.717) is 0 Å². The Labute approximate surface area is 44.7 Å². The Bertz CT molecular complexity index is 165. The molecule has 8 heavy (non-hydrogen) atoms. The molecule has 4 nitrogen and oxygen atoms in total. The third-order valence-electron chi connectivity index (χ3n) is 0.641. The first-order valence-corrected chi connectivity index (χ1v) is 1.91. The van der Waals surface area contributed by atoms with E-state index in [-0.39, 0.29) is 12.4 Å². The molecule has 1 rings (SSSR count). The molecule has 1 fully saturated rings. The quantitative estimate of drug-likeness (QED) is 0.325. The molecule has 1 saturated heterocycles. The van der Waals surface area contributed by atoms with Gasteiger partial charge in [0.05, 0.1) is 0 Å². The van der Waals surface area contributed by atoms with Crippen molar-refractivity contribution in [3.8, 4) is 0 Å². The van der Waals surface area contributed by atoms with E-state index in [4.69, 9.17) is 0 Å². The molecule has 42 valence electrons. The standard InChI is InChI=1S/C4H2O4/c5-1-3-2-7-4(6)8-3/h2H2. The van der Waals surface area contributed by atoms with Crippen LogP contribution in [0.2, 0.25) is 0 Å². The number of rotatable bonds is 0. The second-order valence-electron chi connectivity index (χ2n) is 1.17. The Hall–Kier alpha value is -1.28. The molecule has 0 aromatic carbocycles. The fraction of sp³-hybridized carbons (Fsp3) is 0.250. The Balaban J connectivity index is 2.70. The first-order valence-electron chi connectivity index (χ1n) is 1.91. The van der Waals surface area contributed by atoms with E-state index in [1.54, 1.807) is 0 Å². The van der Waals surface area contributed by atoms with Crippen molar-refractivity contribution < 1.29 is 19.1 Å². The van der Waals surface area contributed by atoms with Gasteiger partial charge in [0, 0.05) is 0 Å². The third kappa shape index (κ3) is 0.691. The number of ether oxygens (including phenoxy) is 2. The van der Waals surface area contributed by atoms with Crippen molar-refractivity contribution in [1.82, 2.24) is 0 Å². The van der Waals surface area contributed by atoms with Crippen molar-refractivity contribution in [2.45, 2.75) is 0 Å². The fourth-order valence-corrected chi connectivity index (χ4v) is 0.334. The van der Waals surface area contributed by atoms with Gasteiger partial charge in [0.1, 0.15) is 0 Å². The Kier molecular flexibility index (Phi) is 1.02. The lowest BCUT2D eigenvalue weighted by Crippen LogP contribution is -1.88. The SMILES string of the molecule is O=C=C1COC(=O)O1. The minimum absolute atomic E-state index is 0.0810. The minimum Gasteiger partial charge on any atom is -0.425 e. The molecule has 1 aliphatic rings. The molecule has 0 bridgehead atoms. The van der Waals surface area contributed by atoms with Crippen LogP contribution in [-0.4, -0.2) is 18.7 Å². The van der Waals surface area contributed by atoms with Crippen LogP contribution in [0.15, 0.2) is 5.76 Å². The average Bonchev–Trinajstić information content (AvgIpc) is 2.14. The zero-order chi connectivity index (χ0) is 5.98. The lowest BCUT2D eigenvalue weighted by atomic mass is 10.6. The van der Waals surface area contributed by atoms with Crippen LogP contribution in [0.5, 0.6) is 0 Å². The molecule has 0 atom stereocenters. The molecule has 0 spiro atoms. The van der Waals surface area contributed by atoms with Crippen LogP contribution in [0.4, 0.5) is 4.79 Å². The highest BCUT2D eigenvalue weighted by atomic mass is 16.8. The minimum atomic E-state index is -0.830. The molecular weight excluding hydrogens is 112 g/mol. The average molecular weight is 114 g/mol. The summed E-state index contributed by atoms with van der Waals surface area (Å²) < 4.78 is 8.34. The van der Waals surface area contributed by atoms with E-state index in [1.807, 2.05) is 0 Å². The maximum Gasteiger partial charge on any atom is 0.514 e. The highest BCUT2D eigenvalue weighted by molar-refractivity contribution is 5.68. The molecule has 0 aliphatic carbocycles. The zero-order valence-electron chi connectivity index (χ0n) is 3.84. The second kappa shape index (κ2) is 1.68. The molecule has 4 heteroatoms. The van der Waals surface area contributed by atoms with Crippen molar-refractivity contribution >= 4 is 12.1 Å². The van der Waals surface area contributed by atoms with Gasteiger partial charge in [-0.1, -0.05) is 0 Å². The van der Waals surface area contributed by atoms with Crippen molar-refractivity contribution in [3.63, 3.8) is 0 Å². The molecule has 1 aliphatic heterocycles. The van der Waals surface area contributed by atoms with Crippen LogP contribution in [0.3, 0.4) is 0 Å². The van der Waals surface area contributed by atoms with Crippen LogP contribution in [-0.2, 0) is 14.3 Å². The van der Waals surface area contributed by atoms with Crippen LogP contribution < -0.4 is 0 Å². The third-order valence-corrected chi connectivity index (χ3v) is 0.641. The number of carbonyl (C=O) groups excluding carboxylic acids is 2. The molecule has 1 heterocycles. The molecule has 0 aromatic heterocycles. The van der Waals surface area contributed by atoms with Crippen LogP contribution in [0.1, 0.15) is 0 Å². The molecule has 0 unspecified atom stereocenters. The lowest BCUT2D eigenvalue weighted by Gasteiger charge is -1.78. The number of cyclic esters (lactones) is 2. The summed E-state index contributed by atoms with van der Waals surface area (Å²) >= 11 is 0. The Morgan fingerprint density at radius 2 is 2.38 bits per heavy atom. The summed E-state index contributed by atoms with van der Waals surface area (Å²) in [5, 5.41) is 0. The lowest BCUT2D eigenvalue weighted by molar-refractivity contribution is 0.136. The van der Waals surface area contributed by atoms with Gasteiger partial charge in [0.2, 0.25) is 5.76 Å². The Morgan fingerprint density at radius 1 is 1.62 bits per heavy atom. The maximum absolute atomic E-state index is 9.97. The highest BCUT2D eigenvalue weighted by Crippen LogP contribution is 2.04. The molecule has 0 amide bonds. The van der Waals surface area contributed by atoms with Gasteiger partial charge < -0.3 is 9.47 Å². The molecule has 0 N–H and O–H groups in total. The monoisotopic (exact) mass is 114 g/mol. The summed E-state index contributed by atoms with van der Waals surface area (Å²) in [6.07, 6.45) is -0.830. The van der Waals surface area contributed by atoms with Crippen molar-refractivity contribution in [1.29, 1.82) is 0 Å². The normalized spacial score (nSPS) is 17.0. The van der Waals surface area contributed by atoms with E-state index in [0.717, 1.165) is 0 Å². The fourth-order valence-electron chi connectivity index (χ4n) is 0.334. The summed E-state index contributed by atoms with van der Waals surface area (Å²) in [5.74, 6) is 1.30. The number of hydrogen-bond acceptors (Lipinski definition) is 4. The largest absolute Gasteiger partial charge is 0.514 e. The van der Waals surface area contributed by atoms with Crippen molar-refractivity contribution in [3.05, 3.63) is 5.76 Å². The number of carbonyl (C=O) groups is 1. The van der Waals surface area contributed by atoms with E-state index in [2.05, 4.69) is 9.47 Å². The van der Waals surface area contributed by atoms with Crippen LogP contribution in [0, 0.1) is 0 Å². The van der Waals surface area contributed by atoms with Crippen LogP contribution >= 0.6 is 0 Å². The van der Waals surface area contributed by atoms with Gasteiger partial charge in [-0.3, -0.25) is 0 Å². The van der Waals surface area contributed by atoms with Gasteiger partial charge in [-0.25, -0.2) is 9.59 Å². The van der Waals surface area contributed by atoms with Gasteiger partial charge in [-0.2, -0.15) is 0 Å². The topological polar surface area (TPSA) is 52.6 Å². The summed E-state index contributed by atoms with van der Waals surface area (Å²) in [5.41, 5.74) is 0. The smallest absolute Gasteiger partial charge is 0.425 e. The molecular formula is C4H2O4. The van der Waals surface area contributed by atoms with Gasteiger partial charge in [0.25, 0.3) is 0 Å². The predicted molar refractivity (Wildman–Crippen MR) is 21.6 cm³/mol. The second-order valence-corrected chi connectivity index (χ2v) is 1.17. The van der Waals surface area contributed by atoms with E-state index in [1.165, 1.54) is 5.94 Å². The van der Waals surface area contributed by atoms with Crippen molar-refractivity contribution in [2.24, 2.45) is 0 Å². The Morgan fingerprint density at radius 3 is 2.62 bits per heavy atom. The first kappa shape index (κ1) is 4.87. The summed E-state index contributed by atoms with van der Waals surface area (Å²) in [4.78, 5) is 19.6. The maximum atomic E-state index is 9.97. The highest BCUT2D eigenvalue weighted by Gasteiger charge is 2.18. The molecule has 0 saturated carbocycles. The first-order chi connectivity index (χ1) is 3.83. The summed E-state index contributed by atoms with van der Waals surface area (Å²) in [6, 6.07) is 0. The summed E-state index contributed by atoms with van der Waals surface area (Å²) in [7, 11) is 0. The molecule has 0 aromatic rings. The zero-order valence-corrected chi connectivity index (χ0v) is 3.84. The van der Waals surface area contributed by atoms with E-state index >= 15 is 0 Å². The van der Waals surface area contributed by atoms with Gasteiger partial charge in [0.15, 0.2) is 12.5 Å². The summed E-state index contributed by atoms with van der Waals surface area (Å²) in [6.45, 7) is -0.0810.